The lowest BCUT2D eigenvalue weighted by atomic mass is 9.93. The summed E-state index contributed by atoms with van der Waals surface area (Å²) in [7, 11) is 0. The zero-order valence-corrected chi connectivity index (χ0v) is 21.8. The number of nitrogens with one attached hydrogen (secondary N) is 1. The van der Waals surface area contributed by atoms with E-state index in [-0.39, 0.29) is 39.4 Å². The van der Waals surface area contributed by atoms with Crippen LogP contribution in [0, 0.1) is 0 Å². The minimum absolute atomic E-state index is 0.0365. The third kappa shape index (κ3) is 9.39. The summed E-state index contributed by atoms with van der Waals surface area (Å²) in [6.45, 7) is 1.68. The molecule has 212 valence electrons. The van der Waals surface area contributed by atoms with Crippen molar-refractivity contribution in [3.63, 3.8) is 0 Å². The third-order valence-corrected chi connectivity index (χ3v) is 6.39. The van der Waals surface area contributed by atoms with Crippen LogP contribution < -0.4 is 5.32 Å². The largest absolute Gasteiger partial charge is 0.480 e. The Bertz CT molecular complexity index is 1080. The van der Waals surface area contributed by atoms with Gasteiger partial charge in [0.25, 0.3) is 0 Å². The number of carboxylic acid groups (broad SMARTS) is 1. The van der Waals surface area contributed by atoms with Crippen molar-refractivity contribution in [2.75, 3.05) is 26.4 Å². The molecule has 0 aliphatic carbocycles. The van der Waals surface area contributed by atoms with Gasteiger partial charge < -0.3 is 19.5 Å². The first-order chi connectivity index (χ1) is 18.8. The lowest BCUT2D eigenvalue weighted by Crippen LogP contribution is -2.56. The maximum atomic E-state index is 13.5. The van der Waals surface area contributed by atoms with Gasteiger partial charge in [-0.1, -0.05) is 54.6 Å². The van der Waals surface area contributed by atoms with Gasteiger partial charge in [0.15, 0.2) is 0 Å². The minimum Gasteiger partial charge on any atom is -0.480 e. The molecular weight excluding hydrogens is 510 g/mol. The van der Waals surface area contributed by atoms with Crippen LogP contribution in [-0.4, -0.2) is 88.2 Å². The van der Waals surface area contributed by atoms with Crippen molar-refractivity contribution in [2.24, 2.45) is 0 Å². The van der Waals surface area contributed by atoms with Crippen LogP contribution in [0.1, 0.15) is 30.0 Å². The molecule has 0 fully saturated rings. The van der Waals surface area contributed by atoms with E-state index in [9.17, 15) is 19.5 Å². The molecule has 1 amide bonds. The van der Waals surface area contributed by atoms with Crippen LogP contribution in [0.4, 0.5) is 0 Å². The van der Waals surface area contributed by atoms with E-state index in [1.807, 2.05) is 54.6 Å². The lowest BCUT2D eigenvalue weighted by molar-refractivity contribution is -0.493. The molecule has 12 heteroatoms. The van der Waals surface area contributed by atoms with E-state index in [0.717, 1.165) is 16.7 Å². The van der Waals surface area contributed by atoms with Gasteiger partial charge in [0.05, 0.1) is 31.3 Å². The number of carboxylic acids is 1. The Balaban J connectivity index is 1.61. The summed E-state index contributed by atoms with van der Waals surface area (Å²) in [4.78, 5) is 44.3. The number of ether oxygens (including phenoxy) is 2. The summed E-state index contributed by atoms with van der Waals surface area (Å²) in [6.07, 6.45) is 1.09. The van der Waals surface area contributed by atoms with Crippen LogP contribution in [0.5, 0.6) is 0 Å². The first kappa shape index (κ1) is 30.2. The number of aliphatic carboxylic acids is 1. The molecule has 3 unspecified atom stereocenters. The standard InChI is InChI=1S/C27H35N3O9/c1-19(28-23(26(32)33)12-11-20-7-3-2-4-8-20)25(31)29-18-22-10-6-5-9-21(22)17-24(29)27(34)38-15-13-37-14-16-39-30(35)36/h2-10,19,23-24,28,35-36H,11-18H2,1H3,(H,32,33). The zero-order chi connectivity index (χ0) is 28.2. The second-order valence-electron chi connectivity index (χ2n) is 9.12. The van der Waals surface area contributed by atoms with E-state index in [4.69, 9.17) is 19.9 Å². The van der Waals surface area contributed by atoms with Crippen molar-refractivity contribution >= 4 is 17.8 Å². The topological polar surface area (TPSA) is 158 Å². The van der Waals surface area contributed by atoms with Crippen molar-refractivity contribution in [1.29, 1.82) is 0 Å². The van der Waals surface area contributed by atoms with E-state index < -0.39 is 41.4 Å². The van der Waals surface area contributed by atoms with Gasteiger partial charge in [-0.05, 0) is 36.5 Å². The summed E-state index contributed by atoms with van der Waals surface area (Å²) in [5, 5.41) is 29.2. The Morgan fingerprint density at radius 2 is 1.67 bits per heavy atom. The smallest absolute Gasteiger partial charge is 0.329 e. The maximum absolute atomic E-state index is 13.5. The fourth-order valence-corrected chi connectivity index (χ4v) is 4.40. The number of fused-ring (bicyclic) bond motifs is 1. The quantitative estimate of drug-likeness (QED) is 0.146. The predicted octanol–water partition coefficient (Wildman–Crippen LogP) is 1.58. The first-order valence-electron chi connectivity index (χ1n) is 12.7. The molecule has 1 aliphatic rings. The molecule has 0 saturated heterocycles. The van der Waals surface area contributed by atoms with Crippen molar-refractivity contribution < 1.29 is 44.2 Å². The lowest BCUT2D eigenvalue weighted by Gasteiger charge is -2.37. The molecular formula is C27H35N3O9. The first-order valence-corrected chi connectivity index (χ1v) is 12.7. The van der Waals surface area contributed by atoms with Gasteiger partial charge in [-0.3, -0.25) is 25.3 Å². The number of rotatable bonds is 15. The fourth-order valence-electron chi connectivity index (χ4n) is 4.40. The highest BCUT2D eigenvalue weighted by atomic mass is 17.1. The number of amides is 1. The van der Waals surface area contributed by atoms with E-state index >= 15 is 0 Å². The molecule has 1 aliphatic heterocycles. The summed E-state index contributed by atoms with van der Waals surface area (Å²) in [5.74, 6) is -2.05. The highest BCUT2D eigenvalue weighted by molar-refractivity contribution is 5.88. The molecule has 3 rings (SSSR count). The van der Waals surface area contributed by atoms with Gasteiger partial charge >= 0.3 is 11.9 Å². The molecule has 0 radical (unpaired) electrons. The van der Waals surface area contributed by atoms with Crippen LogP contribution in [0.15, 0.2) is 54.6 Å². The van der Waals surface area contributed by atoms with E-state index in [2.05, 4.69) is 10.2 Å². The van der Waals surface area contributed by atoms with Crippen molar-refractivity contribution in [3.8, 4) is 0 Å². The normalized spacial score (nSPS) is 16.4. The highest BCUT2D eigenvalue weighted by Crippen LogP contribution is 2.25. The Morgan fingerprint density at radius 3 is 2.36 bits per heavy atom. The number of benzene rings is 2. The summed E-state index contributed by atoms with van der Waals surface area (Å²) in [5.41, 5.74) is 2.84. The Hall–Kier alpha value is -3.39. The number of esters is 1. The van der Waals surface area contributed by atoms with Gasteiger partial charge in [0, 0.05) is 13.0 Å². The third-order valence-electron chi connectivity index (χ3n) is 6.39. The number of hydrogen-bond acceptors (Lipinski definition) is 10. The molecule has 2 aromatic carbocycles. The van der Waals surface area contributed by atoms with Crippen molar-refractivity contribution in [3.05, 3.63) is 71.3 Å². The molecule has 3 atom stereocenters. The van der Waals surface area contributed by atoms with Crippen LogP contribution in [0.25, 0.3) is 0 Å². The molecule has 0 saturated carbocycles. The van der Waals surface area contributed by atoms with Crippen molar-refractivity contribution in [2.45, 2.75) is 50.9 Å². The second-order valence-corrected chi connectivity index (χ2v) is 9.12. The maximum Gasteiger partial charge on any atom is 0.329 e. The number of carbonyl (C=O) groups excluding carboxylic acids is 2. The molecule has 39 heavy (non-hydrogen) atoms. The van der Waals surface area contributed by atoms with E-state index in [1.54, 1.807) is 6.92 Å². The number of aryl methyl sites for hydroxylation is 1. The Morgan fingerprint density at radius 1 is 1.00 bits per heavy atom. The van der Waals surface area contributed by atoms with Crippen LogP contribution >= 0.6 is 0 Å². The number of nitrogens with zero attached hydrogens (tertiary/aromatic N) is 2. The molecule has 12 nitrogen and oxygen atoms in total. The molecule has 4 N–H and O–H groups in total. The molecule has 0 aromatic heterocycles. The SMILES string of the molecule is CC(NC(CCc1ccccc1)C(=O)O)C(=O)N1Cc2ccccc2CC1C(=O)OCCOCCON(O)O. The monoisotopic (exact) mass is 545 g/mol. The van der Waals surface area contributed by atoms with Crippen LogP contribution in [0.2, 0.25) is 0 Å². The van der Waals surface area contributed by atoms with Crippen LogP contribution in [-0.2, 0) is 48.1 Å². The minimum atomic E-state index is -1.05. The highest BCUT2D eigenvalue weighted by Gasteiger charge is 2.38. The molecule has 0 spiro atoms. The average molecular weight is 546 g/mol. The number of carbonyl (C=O) groups is 3. The predicted molar refractivity (Wildman–Crippen MR) is 136 cm³/mol. The summed E-state index contributed by atoms with van der Waals surface area (Å²) < 4.78 is 10.6. The summed E-state index contributed by atoms with van der Waals surface area (Å²) >= 11 is 0. The molecule has 1 heterocycles. The average Bonchev–Trinajstić information content (AvgIpc) is 2.93. The Kier molecular flexibility index (Phi) is 11.8. The summed E-state index contributed by atoms with van der Waals surface area (Å²) in [6, 6.07) is 14.3. The zero-order valence-electron chi connectivity index (χ0n) is 21.8. The Labute approximate surface area is 226 Å². The second kappa shape index (κ2) is 15.3. The van der Waals surface area contributed by atoms with Gasteiger partial charge in [0.1, 0.15) is 18.7 Å². The van der Waals surface area contributed by atoms with E-state index in [1.165, 1.54) is 4.90 Å². The molecule has 0 bridgehead atoms. The van der Waals surface area contributed by atoms with Gasteiger partial charge in [-0.2, -0.15) is 0 Å². The van der Waals surface area contributed by atoms with Gasteiger partial charge in [-0.15, -0.1) is 0 Å². The van der Waals surface area contributed by atoms with Gasteiger partial charge in [0.2, 0.25) is 5.91 Å². The van der Waals surface area contributed by atoms with E-state index in [0.29, 0.717) is 12.8 Å². The van der Waals surface area contributed by atoms with Crippen molar-refractivity contribution in [1.82, 2.24) is 15.6 Å². The number of hydrogen-bond donors (Lipinski definition) is 4. The van der Waals surface area contributed by atoms with Crippen LogP contribution in [0.3, 0.4) is 0 Å². The molecule has 2 aromatic rings. The van der Waals surface area contributed by atoms with Gasteiger partial charge in [-0.25, -0.2) is 9.63 Å². The fraction of sp³-hybridized carbons (Fsp3) is 0.444.